The smallest absolute Gasteiger partial charge is 0.337 e. The topological polar surface area (TPSA) is 75.2 Å². The molecular weight excluding hydrogens is 364 g/mol. The minimum Gasteiger partial charge on any atom is -0.508 e. The normalized spacial score (nSPS) is 15.8. The van der Waals surface area contributed by atoms with Crippen LogP contribution < -0.4 is 0 Å². The summed E-state index contributed by atoms with van der Waals surface area (Å²) in [6, 6.07) is 15.0. The highest BCUT2D eigenvalue weighted by molar-refractivity contribution is 5.89. The van der Waals surface area contributed by atoms with Crippen molar-refractivity contribution in [3.63, 3.8) is 0 Å². The fraction of sp³-hybridized carbons (Fsp3) is 0.333. The summed E-state index contributed by atoms with van der Waals surface area (Å²) in [6.45, 7) is 2.25. The Morgan fingerprint density at radius 2 is 1.72 bits per heavy atom. The fourth-order valence-electron chi connectivity index (χ4n) is 4.30. The minimum absolute atomic E-state index is 0.0151. The highest BCUT2D eigenvalue weighted by Gasteiger charge is 2.31. The van der Waals surface area contributed by atoms with E-state index in [4.69, 9.17) is 4.74 Å². The Labute approximate surface area is 170 Å². The molecule has 1 fully saturated rings. The van der Waals surface area contributed by atoms with E-state index in [2.05, 4.69) is 23.2 Å². The van der Waals surface area contributed by atoms with Gasteiger partial charge in [0.1, 0.15) is 5.75 Å². The molecule has 0 aliphatic heterocycles. The third-order valence-electron chi connectivity index (χ3n) is 6.09. The van der Waals surface area contributed by atoms with Crippen molar-refractivity contribution >= 4 is 5.97 Å². The maximum atomic E-state index is 11.6. The van der Waals surface area contributed by atoms with Crippen LogP contribution in [-0.4, -0.2) is 28.4 Å². The molecule has 0 radical (unpaired) electrons. The van der Waals surface area contributed by atoms with Crippen molar-refractivity contribution in [2.45, 2.75) is 44.4 Å². The van der Waals surface area contributed by atoms with Crippen molar-refractivity contribution in [1.29, 1.82) is 0 Å². The number of carbonyl (C=O) groups excluding carboxylic acids is 1. The van der Waals surface area contributed by atoms with Crippen molar-refractivity contribution in [1.82, 2.24) is 10.2 Å². The van der Waals surface area contributed by atoms with Crippen LogP contribution in [0.5, 0.6) is 5.75 Å². The summed E-state index contributed by atoms with van der Waals surface area (Å²) in [5.41, 5.74) is 5.17. The molecule has 0 atom stereocenters. The van der Waals surface area contributed by atoms with E-state index in [1.165, 1.54) is 26.4 Å². The Morgan fingerprint density at radius 1 is 1.03 bits per heavy atom. The summed E-state index contributed by atoms with van der Waals surface area (Å²) < 4.78 is 4.74. The third kappa shape index (κ3) is 3.77. The Balaban J connectivity index is 1.63. The number of nitrogens with one attached hydrogen (secondary N) is 1. The predicted molar refractivity (Wildman–Crippen MR) is 113 cm³/mol. The number of aromatic nitrogens is 2. The molecule has 1 saturated carbocycles. The standard InChI is InChI=1S/C24H26N2O3/c1-24(12-4-3-5-13-24)19-14-18(10-11-22(19)27)21-15-20(25-26-21)16-6-8-17(9-7-16)23(28)29-2/h6-11,14-15,27H,3-5,12-13H2,1-2H3,(H,25,26). The molecule has 150 valence electrons. The van der Waals surface area contributed by atoms with E-state index in [-0.39, 0.29) is 11.4 Å². The Morgan fingerprint density at radius 3 is 2.41 bits per heavy atom. The van der Waals surface area contributed by atoms with Crippen LogP contribution in [0.25, 0.3) is 22.5 Å². The van der Waals surface area contributed by atoms with Gasteiger partial charge in [0.05, 0.1) is 24.1 Å². The number of hydrogen-bond donors (Lipinski definition) is 2. The van der Waals surface area contributed by atoms with Crippen molar-refractivity contribution in [2.75, 3.05) is 7.11 Å². The number of aromatic amines is 1. The summed E-state index contributed by atoms with van der Waals surface area (Å²) in [4.78, 5) is 11.6. The number of carbonyl (C=O) groups is 1. The first-order valence-corrected chi connectivity index (χ1v) is 10.1. The number of phenolic OH excluding ortho intramolecular Hbond substituents is 1. The maximum absolute atomic E-state index is 11.6. The number of methoxy groups -OCH3 is 1. The van der Waals surface area contributed by atoms with Gasteiger partial charge in [0.2, 0.25) is 0 Å². The lowest BCUT2D eigenvalue weighted by Gasteiger charge is -2.34. The summed E-state index contributed by atoms with van der Waals surface area (Å²) >= 11 is 0. The van der Waals surface area contributed by atoms with E-state index in [1.807, 2.05) is 24.3 Å². The number of H-pyrrole nitrogens is 1. The maximum Gasteiger partial charge on any atom is 0.337 e. The largest absolute Gasteiger partial charge is 0.508 e. The monoisotopic (exact) mass is 390 g/mol. The SMILES string of the molecule is COC(=O)c1ccc(-c2cc(-c3ccc(O)c(C4(C)CCCCC4)c3)n[nH]2)cc1. The molecule has 3 aromatic rings. The van der Waals surface area contributed by atoms with E-state index < -0.39 is 0 Å². The second kappa shape index (κ2) is 7.74. The van der Waals surface area contributed by atoms with Gasteiger partial charge in [-0.05, 0) is 60.2 Å². The van der Waals surface area contributed by atoms with E-state index in [1.54, 1.807) is 18.2 Å². The molecule has 1 aromatic heterocycles. The number of esters is 1. The Hall–Kier alpha value is -3.08. The molecule has 0 unspecified atom stereocenters. The second-order valence-corrected chi connectivity index (χ2v) is 8.09. The van der Waals surface area contributed by atoms with Gasteiger partial charge in [0.25, 0.3) is 0 Å². The van der Waals surface area contributed by atoms with Crippen LogP contribution in [-0.2, 0) is 10.2 Å². The van der Waals surface area contributed by atoms with Crippen LogP contribution in [0.4, 0.5) is 0 Å². The Kier molecular flexibility index (Phi) is 5.14. The molecule has 2 aromatic carbocycles. The molecule has 4 rings (SSSR count). The number of phenols is 1. The van der Waals surface area contributed by atoms with Gasteiger partial charge in [-0.1, -0.05) is 38.3 Å². The average Bonchev–Trinajstić information content (AvgIpc) is 3.24. The molecule has 0 amide bonds. The van der Waals surface area contributed by atoms with Gasteiger partial charge in [-0.3, -0.25) is 5.10 Å². The van der Waals surface area contributed by atoms with Gasteiger partial charge >= 0.3 is 5.97 Å². The molecule has 1 aliphatic carbocycles. The first-order valence-electron chi connectivity index (χ1n) is 10.1. The predicted octanol–water partition coefficient (Wildman–Crippen LogP) is 5.46. The van der Waals surface area contributed by atoms with Crippen molar-refractivity contribution in [3.8, 4) is 28.3 Å². The van der Waals surface area contributed by atoms with Crippen LogP contribution >= 0.6 is 0 Å². The summed E-state index contributed by atoms with van der Waals surface area (Å²) in [5.74, 6) is 0.0157. The first-order chi connectivity index (χ1) is 14.0. The number of nitrogens with zero attached hydrogens (tertiary/aromatic N) is 1. The lowest BCUT2D eigenvalue weighted by molar-refractivity contribution is 0.0600. The van der Waals surface area contributed by atoms with Gasteiger partial charge in [0, 0.05) is 11.1 Å². The molecule has 2 N–H and O–H groups in total. The van der Waals surface area contributed by atoms with Crippen LogP contribution in [0.1, 0.15) is 54.9 Å². The number of aromatic hydroxyl groups is 1. The molecular formula is C24H26N2O3. The quantitative estimate of drug-likeness (QED) is 0.580. The van der Waals surface area contributed by atoms with Gasteiger partial charge in [-0.2, -0.15) is 5.10 Å². The van der Waals surface area contributed by atoms with E-state index >= 15 is 0 Å². The highest BCUT2D eigenvalue weighted by Crippen LogP contribution is 2.43. The summed E-state index contributed by atoms with van der Waals surface area (Å²) in [5, 5.41) is 18.1. The van der Waals surface area contributed by atoms with Crippen molar-refractivity contribution in [2.24, 2.45) is 0 Å². The number of rotatable bonds is 4. The van der Waals surface area contributed by atoms with Crippen molar-refractivity contribution < 1.29 is 14.6 Å². The van der Waals surface area contributed by atoms with Gasteiger partial charge in [-0.25, -0.2) is 4.79 Å². The fourth-order valence-corrected chi connectivity index (χ4v) is 4.30. The van der Waals surface area contributed by atoms with Gasteiger partial charge in [-0.15, -0.1) is 0 Å². The van der Waals surface area contributed by atoms with E-state index in [0.717, 1.165) is 40.9 Å². The van der Waals surface area contributed by atoms with Crippen molar-refractivity contribution in [3.05, 3.63) is 59.7 Å². The molecule has 5 heteroatoms. The molecule has 1 heterocycles. The summed E-state index contributed by atoms with van der Waals surface area (Å²) in [6.07, 6.45) is 5.88. The number of hydrogen-bond acceptors (Lipinski definition) is 4. The zero-order valence-corrected chi connectivity index (χ0v) is 16.9. The highest BCUT2D eigenvalue weighted by atomic mass is 16.5. The average molecular weight is 390 g/mol. The zero-order chi connectivity index (χ0) is 20.4. The zero-order valence-electron chi connectivity index (χ0n) is 16.9. The lowest BCUT2D eigenvalue weighted by atomic mass is 9.70. The first kappa shape index (κ1) is 19.2. The van der Waals surface area contributed by atoms with Crippen LogP contribution in [0.2, 0.25) is 0 Å². The second-order valence-electron chi connectivity index (χ2n) is 8.09. The molecule has 0 saturated heterocycles. The third-order valence-corrected chi connectivity index (χ3v) is 6.09. The molecule has 0 spiro atoms. The Bertz CT molecular complexity index is 1010. The van der Waals surface area contributed by atoms with E-state index in [0.29, 0.717) is 11.3 Å². The van der Waals surface area contributed by atoms with Crippen LogP contribution in [0.15, 0.2) is 48.5 Å². The molecule has 29 heavy (non-hydrogen) atoms. The van der Waals surface area contributed by atoms with Gasteiger partial charge < -0.3 is 9.84 Å². The van der Waals surface area contributed by atoms with Crippen LogP contribution in [0.3, 0.4) is 0 Å². The number of benzene rings is 2. The summed E-state index contributed by atoms with van der Waals surface area (Å²) in [7, 11) is 1.37. The van der Waals surface area contributed by atoms with Crippen LogP contribution in [0, 0.1) is 0 Å². The van der Waals surface area contributed by atoms with Gasteiger partial charge in [0.15, 0.2) is 0 Å². The molecule has 1 aliphatic rings. The molecule has 5 nitrogen and oxygen atoms in total. The molecule has 0 bridgehead atoms. The number of ether oxygens (including phenoxy) is 1. The minimum atomic E-state index is -0.352. The van der Waals surface area contributed by atoms with E-state index in [9.17, 15) is 9.90 Å². The lowest BCUT2D eigenvalue weighted by Crippen LogP contribution is -2.25.